The van der Waals surface area contributed by atoms with E-state index in [1.807, 2.05) is 12.1 Å². The number of halogens is 1. The molecule has 21 heavy (non-hydrogen) atoms. The highest BCUT2D eigenvalue weighted by Crippen LogP contribution is 2.25. The first-order valence-corrected chi connectivity index (χ1v) is 8.44. The minimum absolute atomic E-state index is 0.326. The van der Waals surface area contributed by atoms with Crippen molar-refractivity contribution in [2.24, 2.45) is 0 Å². The molecule has 1 aromatic carbocycles. The molecule has 0 amide bonds. The number of morpholine rings is 1. The molecule has 1 aliphatic heterocycles. The fourth-order valence-electron chi connectivity index (χ4n) is 2.91. The molecule has 3 nitrogen and oxygen atoms in total. The van der Waals surface area contributed by atoms with Crippen LogP contribution in [0, 0.1) is 0 Å². The molecule has 1 aromatic rings. The van der Waals surface area contributed by atoms with E-state index in [1.165, 1.54) is 5.56 Å². The maximum atomic E-state index is 6.35. The minimum Gasteiger partial charge on any atom is -0.376 e. The van der Waals surface area contributed by atoms with Crippen molar-refractivity contribution < 1.29 is 4.74 Å². The van der Waals surface area contributed by atoms with Crippen LogP contribution in [0.2, 0.25) is 5.02 Å². The third kappa shape index (κ3) is 4.96. The molecule has 2 unspecified atom stereocenters. The second-order valence-corrected chi connectivity index (χ2v) is 6.03. The van der Waals surface area contributed by atoms with Gasteiger partial charge in [-0.15, -0.1) is 0 Å². The van der Waals surface area contributed by atoms with Crippen molar-refractivity contribution >= 4 is 11.6 Å². The Hall–Kier alpha value is -0.610. The van der Waals surface area contributed by atoms with Crippen molar-refractivity contribution in [3.8, 4) is 0 Å². The molecule has 0 radical (unpaired) electrons. The zero-order chi connectivity index (χ0) is 15.1. The van der Waals surface area contributed by atoms with Crippen molar-refractivity contribution in [2.45, 2.75) is 38.8 Å². The van der Waals surface area contributed by atoms with Crippen LogP contribution in [0.5, 0.6) is 0 Å². The Kier molecular flexibility index (Phi) is 6.97. The lowest BCUT2D eigenvalue weighted by molar-refractivity contribution is -0.0305. The summed E-state index contributed by atoms with van der Waals surface area (Å²) < 4.78 is 5.74. The maximum Gasteiger partial charge on any atom is 0.0700 e. The van der Waals surface area contributed by atoms with Gasteiger partial charge >= 0.3 is 0 Å². The van der Waals surface area contributed by atoms with Crippen molar-refractivity contribution in [3.63, 3.8) is 0 Å². The van der Waals surface area contributed by atoms with E-state index in [1.54, 1.807) is 0 Å². The van der Waals surface area contributed by atoms with Crippen LogP contribution in [0.25, 0.3) is 0 Å². The molecule has 0 spiro atoms. The molecule has 0 aliphatic carbocycles. The minimum atomic E-state index is 0.326. The van der Waals surface area contributed by atoms with Crippen molar-refractivity contribution in [2.75, 3.05) is 32.8 Å². The SMILES string of the molecule is CCNC(CCN1CCOC(CC)C1)c1ccccc1Cl. The summed E-state index contributed by atoms with van der Waals surface area (Å²) in [7, 11) is 0. The summed E-state index contributed by atoms with van der Waals surface area (Å²) in [6, 6.07) is 8.48. The molecule has 1 N–H and O–H groups in total. The van der Waals surface area contributed by atoms with E-state index >= 15 is 0 Å². The van der Waals surface area contributed by atoms with Gasteiger partial charge in [-0.3, -0.25) is 4.90 Å². The van der Waals surface area contributed by atoms with Gasteiger partial charge in [0.2, 0.25) is 0 Å². The number of ether oxygens (including phenoxy) is 1. The molecule has 4 heteroatoms. The zero-order valence-corrected chi connectivity index (χ0v) is 13.9. The lowest BCUT2D eigenvalue weighted by Crippen LogP contribution is -2.43. The van der Waals surface area contributed by atoms with Gasteiger partial charge in [-0.05, 0) is 31.0 Å². The van der Waals surface area contributed by atoms with Crippen LogP contribution in [0.1, 0.15) is 38.3 Å². The summed E-state index contributed by atoms with van der Waals surface area (Å²) in [6.45, 7) is 9.33. The average molecular weight is 311 g/mol. The Labute approximate surface area is 133 Å². The summed E-state index contributed by atoms with van der Waals surface area (Å²) in [6.07, 6.45) is 2.57. The molecule has 2 atom stereocenters. The summed E-state index contributed by atoms with van der Waals surface area (Å²) in [5.74, 6) is 0. The summed E-state index contributed by atoms with van der Waals surface area (Å²) in [4.78, 5) is 2.51. The Morgan fingerprint density at radius 2 is 2.19 bits per heavy atom. The Bertz CT molecular complexity index is 427. The second-order valence-electron chi connectivity index (χ2n) is 5.62. The van der Waals surface area contributed by atoms with E-state index in [2.05, 4.69) is 36.2 Å². The maximum absolute atomic E-state index is 6.35. The van der Waals surface area contributed by atoms with Crippen molar-refractivity contribution in [3.05, 3.63) is 34.9 Å². The molecule has 0 saturated carbocycles. The largest absolute Gasteiger partial charge is 0.376 e. The van der Waals surface area contributed by atoms with Crippen LogP contribution >= 0.6 is 11.6 Å². The third-order valence-electron chi connectivity index (χ3n) is 4.14. The standard InChI is InChI=1S/C17H27ClN2O/c1-3-14-13-20(11-12-21-14)10-9-17(19-4-2)15-7-5-6-8-16(15)18/h5-8,14,17,19H,3-4,9-13H2,1-2H3. The lowest BCUT2D eigenvalue weighted by Gasteiger charge is -2.33. The highest BCUT2D eigenvalue weighted by molar-refractivity contribution is 6.31. The van der Waals surface area contributed by atoms with Crippen molar-refractivity contribution in [1.82, 2.24) is 10.2 Å². The molecule has 1 aliphatic rings. The van der Waals surface area contributed by atoms with Crippen LogP contribution in [0.15, 0.2) is 24.3 Å². The van der Waals surface area contributed by atoms with Gasteiger partial charge in [-0.25, -0.2) is 0 Å². The first kappa shape index (κ1) is 16.8. The quantitative estimate of drug-likeness (QED) is 0.834. The Morgan fingerprint density at radius 1 is 1.38 bits per heavy atom. The lowest BCUT2D eigenvalue weighted by atomic mass is 10.0. The number of nitrogens with zero attached hydrogens (tertiary/aromatic N) is 1. The fourth-order valence-corrected chi connectivity index (χ4v) is 3.18. The molecule has 0 bridgehead atoms. The number of nitrogens with one attached hydrogen (secondary N) is 1. The molecule has 118 valence electrons. The molecular formula is C17H27ClN2O. The zero-order valence-electron chi connectivity index (χ0n) is 13.1. The van der Waals surface area contributed by atoms with E-state index in [0.29, 0.717) is 12.1 Å². The first-order valence-electron chi connectivity index (χ1n) is 8.06. The van der Waals surface area contributed by atoms with Gasteiger partial charge in [-0.1, -0.05) is 43.6 Å². The molecule has 0 aromatic heterocycles. The fraction of sp³-hybridized carbons (Fsp3) is 0.647. The highest BCUT2D eigenvalue weighted by Gasteiger charge is 2.20. The first-order chi connectivity index (χ1) is 10.2. The molecular weight excluding hydrogens is 284 g/mol. The van der Waals surface area contributed by atoms with Crippen molar-refractivity contribution in [1.29, 1.82) is 0 Å². The second kappa shape index (κ2) is 8.74. The van der Waals surface area contributed by atoms with Crippen LogP contribution < -0.4 is 5.32 Å². The average Bonchev–Trinajstić information content (AvgIpc) is 2.52. The van der Waals surface area contributed by atoms with Gasteiger partial charge in [0, 0.05) is 30.7 Å². The Balaban J connectivity index is 1.92. The van der Waals surface area contributed by atoms with Crippen LogP contribution in [0.3, 0.4) is 0 Å². The summed E-state index contributed by atoms with van der Waals surface area (Å²) in [5, 5.41) is 4.42. The molecule has 2 rings (SSSR count). The van der Waals surface area contributed by atoms with Crippen LogP contribution in [0.4, 0.5) is 0 Å². The predicted octanol–water partition coefficient (Wildman–Crippen LogP) is 3.49. The topological polar surface area (TPSA) is 24.5 Å². The third-order valence-corrected chi connectivity index (χ3v) is 4.49. The normalized spacial score (nSPS) is 21.4. The number of rotatable bonds is 7. The van der Waals surface area contributed by atoms with Crippen LogP contribution in [-0.2, 0) is 4.74 Å². The Morgan fingerprint density at radius 3 is 2.90 bits per heavy atom. The van der Waals surface area contributed by atoms with E-state index in [4.69, 9.17) is 16.3 Å². The molecule has 1 saturated heterocycles. The van der Waals surface area contributed by atoms with Gasteiger partial charge in [0.15, 0.2) is 0 Å². The summed E-state index contributed by atoms with van der Waals surface area (Å²) >= 11 is 6.35. The van der Waals surface area contributed by atoms with E-state index < -0.39 is 0 Å². The summed E-state index contributed by atoms with van der Waals surface area (Å²) in [5.41, 5.74) is 1.21. The van der Waals surface area contributed by atoms with Gasteiger partial charge in [0.1, 0.15) is 0 Å². The number of benzene rings is 1. The molecule has 1 fully saturated rings. The van der Waals surface area contributed by atoms with E-state index in [9.17, 15) is 0 Å². The van der Waals surface area contributed by atoms with Gasteiger partial charge in [0.05, 0.1) is 12.7 Å². The smallest absolute Gasteiger partial charge is 0.0700 e. The van der Waals surface area contributed by atoms with Gasteiger partial charge in [0.25, 0.3) is 0 Å². The van der Waals surface area contributed by atoms with E-state index in [-0.39, 0.29) is 0 Å². The van der Waals surface area contributed by atoms with Gasteiger partial charge < -0.3 is 10.1 Å². The van der Waals surface area contributed by atoms with Gasteiger partial charge in [-0.2, -0.15) is 0 Å². The monoisotopic (exact) mass is 310 g/mol. The predicted molar refractivity (Wildman–Crippen MR) is 89.0 cm³/mol. The van der Waals surface area contributed by atoms with Crippen LogP contribution in [-0.4, -0.2) is 43.8 Å². The van der Waals surface area contributed by atoms with E-state index in [0.717, 1.165) is 50.7 Å². The molecule has 1 heterocycles. The highest BCUT2D eigenvalue weighted by atomic mass is 35.5. The number of hydrogen-bond acceptors (Lipinski definition) is 3. The number of hydrogen-bond donors (Lipinski definition) is 1.